The predicted octanol–water partition coefficient (Wildman–Crippen LogP) is 1.35. The fourth-order valence-corrected chi connectivity index (χ4v) is 1.64. The number of hydrogen-bond acceptors (Lipinski definition) is 6. The molecule has 0 radical (unpaired) electrons. The number of nitrogens with two attached hydrogens (primary N) is 1. The Kier molecular flexibility index (Phi) is 5.87. The Labute approximate surface area is 139 Å². The van der Waals surface area contributed by atoms with E-state index in [1.165, 1.54) is 0 Å². The molecule has 0 spiro atoms. The van der Waals surface area contributed by atoms with Crippen molar-refractivity contribution < 1.29 is 29.0 Å². The summed E-state index contributed by atoms with van der Waals surface area (Å²) in [4.78, 5) is 32.9. The molecule has 23 heavy (non-hydrogen) atoms. The Bertz CT molecular complexity index is 480. The fourth-order valence-electron chi connectivity index (χ4n) is 1.54. The monoisotopic (exact) mass is 350 g/mol. The third-order valence-corrected chi connectivity index (χ3v) is 3.39. The number of hydrogen-bond donors (Lipinski definition) is 3. The van der Waals surface area contributed by atoms with Gasteiger partial charge < -0.3 is 25.6 Å². The highest BCUT2D eigenvalue weighted by molar-refractivity contribution is 6.17. The average molecular weight is 351 g/mol. The summed E-state index contributed by atoms with van der Waals surface area (Å²) < 4.78 is 9.71. The second kappa shape index (κ2) is 6.92. The SMILES string of the molecule is CC(C)(C)OC(=O)NC1(C(=O)OCCl)CC1.NC1(C(=O)O)CC1. The Morgan fingerprint density at radius 1 is 1.22 bits per heavy atom. The van der Waals surface area contributed by atoms with Gasteiger partial charge in [0.1, 0.15) is 16.7 Å². The van der Waals surface area contributed by atoms with Crippen molar-refractivity contribution in [2.75, 3.05) is 6.07 Å². The number of nitrogens with one attached hydrogen (secondary N) is 1. The number of carbonyl (C=O) groups is 3. The van der Waals surface area contributed by atoms with Gasteiger partial charge in [0, 0.05) is 0 Å². The maximum absolute atomic E-state index is 11.5. The molecule has 0 bridgehead atoms. The Morgan fingerprint density at radius 3 is 2.00 bits per heavy atom. The summed E-state index contributed by atoms with van der Waals surface area (Å²) in [6, 6.07) is -0.212. The van der Waals surface area contributed by atoms with E-state index in [-0.39, 0.29) is 6.07 Å². The lowest BCUT2D eigenvalue weighted by molar-refractivity contribution is -0.145. The van der Waals surface area contributed by atoms with Crippen LogP contribution in [0.3, 0.4) is 0 Å². The van der Waals surface area contributed by atoms with Crippen molar-refractivity contribution in [3.63, 3.8) is 0 Å². The van der Waals surface area contributed by atoms with Gasteiger partial charge in [0.25, 0.3) is 0 Å². The number of carboxylic acids is 1. The number of carboxylic acid groups (broad SMARTS) is 1. The number of ether oxygens (including phenoxy) is 2. The summed E-state index contributed by atoms with van der Waals surface area (Å²) in [6.07, 6.45) is 1.78. The number of alkyl halides is 1. The highest BCUT2D eigenvalue weighted by Crippen LogP contribution is 2.37. The predicted molar refractivity (Wildman–Crippen MR) is 81.9 cm³/mol. The molecule has 0 saturated heterocycles. The molecule has 2 aliphatic carbocycles. The molecule has 0 atom stereocenters. The first-order valence-electron chi connectivity index (χ1n) is 7.21. The number of amides is 1. The molecule has 1 amide bonds. The molecule has 9 heteroatoms. The van der Waals surface area contributed by atoms with Crippen LogP contribution in [0.4, 0.5) is 4.79 Å². The number of carbonyl (C=O) groups excluding carboxylic acids is 2. The van der Waals surface area contributed by atoms with E-state index < -0.39 is 34.7 Å². The first-order valence-corrected chi connectivity index (χ1v) is 7.74. The van der Waals surface area contributed by atoms with Crippen LogP contribution >= 0.6 is 11.6 Å². The summed E-state index contributed by atoms with van der Waals surface area (Å²) in [5.41, 5.74) is 2.85. The maximum Gasteiger partial charge on any atom is 0.408 e. The minimum atomic E-state index is -0.919. The summed E-state index contributed by atoms with van der Waals surface area (Å²) in [5.74, 6) is -1.37. The molecule has 0 aromatic heterocycles. The standard InChI is InChI=1S/C10H16ClNO4.C4H7NO2/c1-9(2,3)16-8(14)12-10(4-5-10)7(13)15-6-11;5-4(1-2-4)3(6)7/h4-6H2,1-3H3,(H,12,14);1-2,5H2,(H,6,7). The van der Waals surface area contributed by atoms with Crippen molar-refractivity contribution in [2.24, 2.45) is 5.73 Å². The first kappa shape index (κ1) is 19.5. The third-order valence-electron chi connectivity index (χ3n) is 3.28. The van der Waals surface area contributed by atoms with Gasteiger partial charge in [0.2, 0.25) is 0 Å². The van der Waals surface area contributed by atoms with Gasteiger partial charge in [-0.2, -0.15) is 0 Å². The average Bonchev–Trinajstić information content (AvgIpc) is 3.27. The Hall–Kier alpha value is -1.54. The lowest BCUT2D eigenvalue weighted by Gasteiger charge is -2.22. The van der Waals surface area contributed by atoms with Crippen molar-refractivity contribution >= 4 is 29.6 Å². The topological polar surface area (TPSA) is 128 Å². The third kappa shape index (κ3) is 6.23. The van der Waals surface area contributed by atoms with E-state index in [9.17, 15) is 14.4 Å². The van der Waals surface area contributed by atoms with Gasteiger partial charge in [-0.05, 0) is 46.5 Å². The lowest BCUT2D eigenvalue weighted by atomic mass is 10.2. The zero-order valence-electron chi connectivity index (χ0n) is 13.5. The van der Waals surface area contributed by atoms with Crippen molar-refractivity contribution in [1.82, 2.24) is 5.32 Å². The van der Waals surface area contributed by atoms with Crippen LogP contribution in [0.2, 0.25) is 0 Å². The normalized spacial score (nSPS) is 19.5. The highest BCUT2D eigenvalue weighted by atomic mass is 35.5. The molecule has 2 aliphatic rings. The van der Waals surface area contributed by atoms with Gasteiger partial charge in [-0.3, -0.25) is 4.79 Å². The van der Waals surface area contributed by atoms with Gasteiger partial charge in [-0.15, -0.1) is 0 Å². The fraction of sp³-hybridized carbons (Fsp3) is 0.786. The van der Waals surface area contributed by atoms with Crippen LogP contribution in [0, 0.1) is 0 Å². The van der Waals surface area contributed by atoms with Gasteiger partial charge in [-0.1, -0.05) is 11.6 Å². The van der Waals surface area contributed by atoms with E-state index in [0.717, 1.165) is 0 Å². The molecule has 0 aromatic carbocycles. The van der Waals surface area contributed by atoms with Crippen LogP contribution in [0.25, 0.3) is 0 Å². The number of aliphatic carboxylic acids is 1. The second-order valence-electron chi connectivity index (χ2n) is 6.71. The van der Waals surface area contributed by atoms with Gasteiger partial charge >= 0.3 is 18.0 Å². The van der Waals surface area contributed by atoms with Gasteiger partial charge in [0.15, 0.2) is 6.07 Å². The molecule has 132 valence electrons. The lowest BCUT2D eigenvalue weighted by Crippen LogP contribution is -2.46. The molecule has 2 saturated carbocycles. The van der Waals surface area contributed by atoms with E-state index >= 15 is 0 Å². The molecule has 0 aromatic rings. The number of halogens is 1. The van der Waals surface area contributed by atoms with Crippen LogP contribution in [-0.4, -0.2) is 45.9 Å². The van der Waals surface area contributed by atoms with Crippen LogP contribution in [0.1, 0.15) is 46.5 Å². The molecule has 2 fully saturated rings. The quantitative estimate of drug-likeness (QED) is 0.515. The van der Waals surface area contributed by atoms with Crippen LogP contribution in [0.15, 0.2) is 0 Å². The zero-order valence-corrected chi connectivity index (χ0v) is 14.2. The molecule has 2 rings (SSSR count). The molecule has 0 aliphatic heterocycles. The van der Waals surface area contributed by atoms with E-state index in [2.05, 4.69) is 10.1 Å². The zero-order chi connectivity index (χ0) is 17.9. The van der Waals surface area contributed by atoms with Crippen LogP contribution < -0.4 is 11.1 Å². The Balaban J connectivity index is 0.000000313. The first-order chi connectivity index (χ1) is 10.4. The van der Waals surface area contributed by atoms with E-state index in [0.29, 0.717) is 25.7 Å². The smallest absolute Gasteiger partial charge is 0.408 e. The van der Waals surface area contributed by atoms with E-state index in [1.54, 1.807) is 20.8 Å². The molecular weight excluding hydrogens is 328 g/mol. The van der Waals surface area contributed by atoms with Gasteiger partial charge in [-0.25, -0.2) is 9.59 Å². The van der Waals surface area contributed by atoms with Crippen molar-refractivity contribution in [3.05, 3.63) is 0 Å². The van der Waals surface area contributed by atoms with Crippen molar-refractivity contribution in [2.45, 2.75) is 63.1 Å². The van der Waals surface area contributed by atoms with Crippen molar-refractivity contribution in [1.29, 1.82) is 0 Å². The molecule has 0 heterocycles. The summed E-state index contributed by atoms with van der Waals surface area (Å²) >= 11 is 5.29. The number of rotatable bonds is 4. The Morgan fingerprint density at radius 2 is 1.74 bits per heavy atom. The second-order valence-corrected chi connectivity index (χ2v) is 6.93. The molecular formula is C14H23ClN2O6. The summed E-state index contributed by atoms with van der Waals surface area (Å²) in [5, 5.41) is 10.7. The van der Waals surface area contributed by atoms with E-state index in [4.69, 9.17) is 27.2 Å². The maximum atomic E-state index is 11.5. The molecule has 4 N–H and O–H groups in total. The van der Waals surface area contributed by atoms with Gasteiger partial charge in [0.05, 0.1) is 0 Å². The van der Waals surface area contributed by atoms with Crippen LogP contribution in [-0.2, 0) is 19.1 Å². The van der Waals surface area contributed by atoms with Crippen LogP contribution in [0.5, 0.6) is 0 Å². The number of esters is 1. The molecule has 8 nitrogen and oxygen atoms in total. The highest BCUT2D eigenvalue weighted by Gasteiger charge is 2.53. The van der Waals surface area contributed by atoms with Crippen molar-refractivity contribution in [3.8, 4) is 0 Å². The minimum Gasteiger partial charge on any atom is -0.480 e. The molecule has 0 unspecified atom stereocenters. The number of alkyl carbamates (subject to hydrolysis) is 1. The largest absolute Gasteiger partial charge is 0.480 e. The summed E-state index contributed by atoms with van der Waals surface area (Å²) in [6.45, 7) is 5.26. The summed E-state index contributed by atoms with van der Waals surface area (Å²) in [7, 11) is 0. The van der Waals surface area contributed by atoms with E-state index in [1.807, 2.05) is 0 Å². The minimum absolute atomic E-state index is 0.212.